The molecular weight excluding hydrogens is 324 g/mol. The Labute approximate surface area is 165 Å². The molecule has 0 aliphatic heterocycles. The molecule has 0 unspecified atom stereocenters. The lowest BCUT2D eigenvalue weighted by molar-refractivity contribution is 0.796. The normalized spacial score (nSPS) is 11.8. The number of hydrogen-bond donors (Lipinski definition) is 0. The van der Waals surface area contributed by atoms with Crippen molar-refractivity contribution in [1.29, 1.82) is 0 Å². The fourth-order valence-corrected chi connectivity index (χ4v) is 3.81. The van der Waals surface area contributed by atoms with Gasteiger partial charge in [-0.15, -0.1) is 0 Å². The lowest BCUT2D eigenvalue weighted by atomic mass is 9.92. The second-order valence-electron chi connectivity index (χ2n) is 7.38. The molecule has 0 nitrogen and oxygen atoms in total. The van der Waals surface area contributed by atoms with Crippen molar-refractivity contribution in [3.8, 4) is 34.8 Å². The van der Waals surface area contributed by atoms with E-state index in [4.69, 9.17) is 0 Å². The van der Waals surface area contributed by atoms with Gasteiger partial charge < -0.3 is 0 Å². The average molecular weight is 355 g/mol. The largest absolute Gasteiger partial charge is 0.0979 e. The first-order valence-corrected chi connectivity index (χ1v) is 10.5. The molecule has 0 N–H and O–H groups in total. The lowest BCUT2D eigenvalue weighted by Crippen LogP contribution is -1.95. The van der Waals surface area contributed by atoms with E-state index in [2.05, 4.69) is 80.9 Å². The Hall–Kier alpha value is -2.44. The highest BCUT2D eigenvalue weighted by atomic mass is 14.3. The summed E-state index contributed by atoms with van der Waals surface area (Å²) >= 11 is 0. The topological polar surface area (TPSA) is 0 Å². The van der Waals surface area contributed by atoms with Crippen molar-refractivity contribution in [1.82, 2.24) is 0 Å². The number of unbranched alkanes of at least 4 members (excludes halogenated alkanes) is 4. The van der Waals surface area contributed by atoms with Crippen LogP contribution in [0.5, 0.6) is 0 Å². The average Bonchev–Trinajstić information content (AvgIpc) is 3.00. The van der Waals surface area contributed by atoms with Gasteiger partial charge in [-0.2, -0.15) is 0 Å². The van der Waals surface area contributed by atoms with Gasteiger partial charge in [0.25, 0.3) is 0 Å². The summed E-state index contributed by atoms with van der Waals surface area (Å²) in [5, 5.41) is 0. The van der Waals surface area contributed by atoms with Gasteiger partial charge in [0.05, 0.1) is 0 Å². The van der Waals surface area contributed by atoms with Gasteiger partial charge in [0.15, 0.2) is 0 Å². The first-order chi connectivity index (χ1) is 13.3. The maximum atomic E-state index is 3.36. The Kier molecular flexibility index (Phi) is 6.79. The van der Waals surface area contributed by atoms with E-state index in [0.717, 1.165) is 30.4 Å². The molecule has 0 fully saturated rings. The summed E-state index contributed by atoms with van der Waals surface area (Å²) in [4.78, 5) is 0. The summed E-state index contributed by atoms with van der Waals surface area (Å²) < 4.78 is 0. The second kappa shape index (κ2) is 9.48. The predicted octanol–water partition coefficient (Wildman–Crippen LogP) is 7.29. The molecule has 2 aromatic rings. The quantitative estimate of drug-likeness (QED) is 0.390. The van der Waals surface area contributed by atoms with Crippen molar-refractivity contribution >= 4 is 0 Å². The van der Waals surface area contributed by atoms with Gasteiger partial charge in [0.1, 0.15) is 0 Å². The zero-order chi connectivity index (χ0) is 19.1. The van der Waals surface area contributed by atoms with Gasteiger partial charge >= 0.3 is 0 Å². The Morgan fingerprint density at radius 1 is 0.704 bits per heavy atom. The fraction of sp³-hybridized carbons (Fsp3) is 0.407. The highest BCUT2D eigenvalue weighted by Gasteiger charge is 2.27. The molecule has 1 aliphatic rings. The molecule has 0 saturated carbocycles. The minimum atomic E-state index is 0.463. The Morgan fingerprint density at radius 3 is 1.59 bits per heavy atom. The summed E-state index contributed by atoms with van der Waals surface area (Å²) in [6, 6.07) is 13.5. The first kappa shape index (κ1) is 19.3. The van der Waals surface area contributed by atoms with Crippen LogP contribution in [-0.2, 0) is 0 Å². The van der Waals surface area contributed by atoms with E-state index >= 15 is 0 Å². The molecule has 0 bridgehead atoms. The van der Waals surface area contributed by atoms with Crippen molar-refractivity contribution in [3.05, 3.63) is 58.7 Å². The van der Waals surface area contributed by atoms with Gasteiger partial charge in [-0.25, -0.2) is 0 Å². The molecule has 0 heterocycles. The number of hydrogen-bond acceptors (Lipinski definition) is 0. The molecule has 0 heteroatoms. The zero-order valence-electron chi connectivity index (χ0n) is 17.0. The van der Waals surface area contributed by atoms with E-state index in [9.17, 15) is 0 Å². The summed E-state index contributed by atoms with van der Waals surface area (Å²) in [5.74, 6) is 13.8. The minimum Gasteiger partial charge on any atom is -0.0979 e. The van der Waals surface area contributed by atoms with E-state index in [1.165, 1.54) is 47.9 Å². The molecule has 3 rings (SSSR count). The van der Waals surface area contributed by atoms with Crippen LogP contribution in [0.25, 0.3) is 11.1 Å². The van der Waals surface area contributed by atoms with E-state index in [1.54, 1.807) is 0 Å². The molecule has 2 aromatic carbocycles. The minimum absolute atomic E-state index is 0.463. The van der Waals surface area contributed by atoms with Gasteiger partial charge in [-0.05, 0) is 65.8 Å². The zero-order valence-corrected chi connectivity index (χ0v) is 17.0. The third kappa shape index (κ3) is 4.46. The van der Waals surface area contributed by atoms with Crippen molar-refractivity contribution in [2.24, 2.45) is 0 Å². The molecule has 0 spiro atoms. The Morgan fingerprint density at radius 2 is 1.19 bits per heavy atom. The highest BCUT2D eigenvalue weighted by Crippen LogP contribution is 2.46. The molecule has 0 saturated heterocycles. The predicted molar refractivity (Wildman–Crippen MR) is 117 cm³/mol. The van der Waals surface area contributed by atoms with Crippen LogP contribution in [0.3, 0.4) is 0 Å². The summed E-state index contributed by atoms with van der Waals surface area (Å²) in [5.41, 5.74) is 7.92. The van der Waals surface area contributed by atoms with Crippen molar-refractivity contribution < 1.29 is 0 Å². The third-order valence-corrected chi connectivity index (χ3v) is 5.33. The van der Waals surface area contributed by atoms with Gasteiger partial charge in [0.2, 0.25) is 0 Å². The number of rotatable bonds is 5. The molecule has 0 atom stereocenters. The summed E-state index contributed by atoms with van der Waals surface area (Å²) in [7, 11) is 0. The first-order valence-electron chi connectivity index (χ1n) is 10.5. The standard InChI is InChI=1S/C27H30/c1-4-7-9-11-13-21-15-17-24-25-18-16-22(14-12-10-8-5-2)20-27(25)23(6-3)26(24)19-21/h15-20,23H,4-10H2,1-3H3. The van der Waals surface area contributed by atoms with Crippen LogP contribution in [0.4, 0.5) is 0 Å². The molecule has 0 radical (unpaired) electrons. The molecule has 0 amide bonds. The van der Waals surface area contributed by atoms with E-state index in [-0.39, 0.29) is 0 Å². The molecule has 27 heavy (non-hydrogen) atoms. The monoisotopic (exact) mass is 354 g/mol. The van der Waals surface area contributed by atoms with Crippen LogP contribution in [0.2, 0.25) is 0 Å². The van der Waals surface area contributed by atoms with Crippen LogP contribution in [0.15, 0.2) is 36.4 Å². The molecule has 1 aliphatic carbocycles. The smallest absolute Gasteiger partial charge is 0.0248 e. The van der Waals surface area contributed by atoms with Crippen LogP contribution in [0.1, 0.15) is 93.9 Å². The molecule has 138 valence electrons. The van der Waals surface area contributed by atoms with E-state index in [1.807, 2.05) is 0 Å². The van der Waals surface area contributed by atoms with Gasteiger partial charge in [0, 0.05) is 29.9 Å². The fourth-order valence-electron chi connectivity index (χ4n) is 3.81. The van der Waals surface area contributed by atoms with Crippen LogP contribution < -0.4 is 0 Å². The Bertz CT molecular complexity index is 833. The number of fused-ring (bicyclic) bond motifs is 3. The van der Waals surface area contributed by atoms with Crippen molar-refractivity contribution in [2.45, 2.75) is 71.6 Å². The second-order valence-corrected chi connectivity index (χ2v) is 7.38. The van der Waals surface area contributed by atoms with Crippen LogP contribution >= 0.6 is 0 Å². The summed E-state index contributed by atoms with van der Waals surface area (Å²) in [6.07, 6.45) is 7.87. The van der Waals surface area contributed by atoms with E-state index < -0.39 is 0 Å². The summed E-state index contributed by atoms with van der Waals surface area (Å²) in [6.45, 7) is 6.70. The highest BCUT2D eigenvalue weighted by molar-refractivity contribution is 5.80. The SMILES string of the molecule is CCCCC#Cc1ccc2c(c1)C(CC)c1cc(C#CCCCC)ccc1-2. The maximum Gasteiger partial charge on any atom is 0.0248 e. The third-order valence-electron chi connectivity index (χ3n) is 5.33. The maximum absolute atomic E-state index is 3.36. The lowest BCUT2D eigenvalue weighted by Gasteiger charge is -2.11. The Balaban J connectivity index is 1.88. The van der Waals surface area contributed by atoms with Crippen molar-refractivity contribution in [3.63, 3.8) is 0 Å². The van der Waals surface area contributed by atoms with Crippen LogP contribution in [-0.4, -0.2) is 0 Å². The van der Waals surface area contributed by atoms with Crippen molar-refractivity contribution in [2.75, 3.05) is 0 Å². The van der Waals surface area contributed by atoms with Gasteiger partial charge in [-0.1, -0.05) is 69.4 Å². The molecule has 0 aromatic heterocycles. The van der Waals surface area contributed by atoms with E-state index in [0.29, 0.717) is 5.92 Å². The van der Waals surface area contributed by atoms with Crippen LogP contribution in [0, 0.1) is 23.7 Å². The molecular formula is C27H30. The van der Waals surface area contributed by atoms with Gasteiger partial charge in [-0.3, -0.25) is 0 Å². The number of benzene rings is 2.